The third-order valence-corrected chi connectivity index (χ3v) is 1.39. The summed E-state index contributed by atoms with van der Waals surface area (Å²) in [6.45, 7) is 1.77. The summed E-state index contributed by atoms with van der Waals surface area (Å²) in [6.07, 6.45) is 2.13. The van der Waals surface area contributed by atoms with Gasteiger partial charge >= 0.3 is 0 Å². The van der Waals surface area contributed by atoms with E-state index < -0.39 is 0 Å². The summed E-state index contributed by atoms with van der Waals surface area (Å²) in [4.78, 5) is 14.0. The first-order valence-corrected chi connectivity index (χ1v) is 3.10. The van der Waals surface area contributed by atoms with Gasteiger partial charge in [-0.05, 0) is 18.6 Å². The number of hydrogen-bond donors (Lipinski definition) is 0. The van der Waals surface area contributed by atoms with Crippen molar-refractivity contribution in [2.24, 2.45) is 0 Å². The fourth-order valence-corrected chi connectivity index (χ4v) is 0.751. The standard InChI is InChI=1S/C8H6N2O/c1-6-2-8(3-9)10-4-7(6)5-11/h2,4-5H,1H3. The highest BCUT2D eigenvalue weighted by Crippen LogP contribution is 2.04. The molecule has 0 saturated carbocycles. The Morgan fingerprint density at radius 2 is 2.45 bits per heavy atom. The van der Waals surface area contributed by atoms with Gasteiger partial charge in [-0.25, -0.2) is 4.98 Å². The number of carbonyl (C=O) groups excluding carboxylic acids is 1. The van der Waals surface area contributed by atoms with Crippen LogP contribution in [0, 0.1) is 18.3 Å². The molecule has 0 unspecified atom stereocenters. The highest BCUT2D eigenvalue weighted by Gasteiger charge is 1.97. The first-order chi connectivity index (χ1) is 5.27. The fourth-order valence-electron chi connectivity index (χ4n) is 0.751. The van der Waals surface area contributed by atoms with Gasteiger partial charge in [0.1, 0.15) is 11.8 Å². The molecule has 0 amide bonds. The summed E-state index contributed by atoms with van der Waals surface area (Å²) >= 11 is 0. The second kappa shape index (κ2) is 2.93. The van der Waals surface area contributed by atoms with E-state index in [9.17, 15) is 4.79 Å². The third-order valence-electron chi connectivity index (χ3n) is 1.39. The van der Waals surface area contributed by atoms with Crippen LogP contribution in [0.25, 0.3) is 0 Å². The highest BCUT2D eigenvalue weighted by molar-refractivity contribution is 5.76. The third kappa shape index (κ3) is 1.41. The van der Waals surface area contributed by atoms with Crippen molar-refractivity contribution < 1.29 is 4.79 Å². The minimum absolute atomic E-state index is 0.341. The van der Waals surface area contributed by atoms with Gasteiger partial charge in [0.15, 0.2) is 6.29 Å². The molecule has 1 aromatic heterocycles. The van der Waals surface area contributed by atoms with Crippen LogP contribution in [0.2, 0.25) is 0 Å². The second-order valence-corrected chi connectivity index (χ2v) is 2.16. The number of nitriles is 1. The molecule has 0 fully saturated rings. The van der Waals surface area contributed by atoms with Crippen LogP contribution >= 0.6 is 0 Å². The molecule has 3 nitrogen and oxygen atoms in total. The van der Waals surface area contributed by atoms with Gasteiger partial charge in [-0.2, -0.15) is 5.26 Å². The van der Waals surface area contributed by atoms with Gasteiger partial charge in [0.25, 0.3) is 0 Å². The molecule has 0 aliphatic heterocycles. The summed E-state index contributed by atoms with van der Waals surface area (Å²) in [5.74, 6) is 0. The summed E-state index contributed by atoms with van der Waals surface area (Å²) in [5.41, 5.74) is 1.66. The Balaban J connectivity index is 3.22. The molecule has 0 aliphatic rings. The summed E-state index contributed by atoms with van der Waals surface area (Å²) in [7, 11) is 0. The lowest BCUT2D eigenvalue weighted by Crippen LogP contribution is -1.90. The maximum Gasteiger partial charge on any atom is 0.151 e. The van der Waals surface area contributed by atoms with E-state index in [1.807, 2.05) is 6.07 Å². The van der Waals surface area contributed by atoms with Crippen molar-refractivity contribution in [3.8, 4) is 6.07 Å². The lowest BCUT2D eigenvalue weighted by Gasteiger charge is -1.95. The van der Waals surface area contributed by atoms with Gasteiger partial charge in [-0.15, -0.1) is 0 Å². The molecule has 54 valence electrons. The molecule has 0 spiro atoms. The van der Waals surface area contributed by atoms with Crippen molar-refractivity contribution in [3.05, 3.63) is 29.1 Å². The Bertz CT molecular complexity index is 325. The lowest BCUT2D eigenvalue weighted by atomic mass is 10.1. The van der Waals surface area contributed by atoms with Crippen molar-refractivity contribution >= 4 is 6.29 Å². The molecule has 0 radical (unpaired) electrons. The van der Waals surface area contributed by atoms with Crippen LogP contribution in [0.3, 0.4) is 0 Å². The number of aryl methyl sites for hydroxylation is 1. The van der Waals surface area contributed by atoms with Crippen LogP contribution in [0.5, 0.6) is 0 Å². The van der Waals surface area contributed by atoms with E-state index in [4.69, 9.17) is 5.26 Å². The highest BCUT2D eigenvalue weighted by atomic mass is 16.1. The van der Waals surface area contributed by atoms with Crippen LogP contribution in [0.1, 0.15) is 21.6 Å². The van der Waals surface area contributed by atoms with Gasteiger partial charge in [-0.3, -0.25) is 4.79 Å². The molecule has 0 saturated heterocycles. The zero-order valence-electron chi connectivity index (χ0n) is 6.03. The van der Waals surface area contributed by atoms with Gasteiger partial charge in [-0.1, -0.05) is 0 Å². The largest absolute Gasteiger partial charge is 0.298 e. The number of aromatic nitrogens is 1. The number of nitrogens with zero attached hydrogens (tertiary/aromatic N) is 2. The van der Waals surface area contributed by atoms with Crippen LogP contribution in [0.4, 0.5) is 0 Å². The van der Waals surface area contributed by atoms with Gasteiger partial charge < -0.3 is 0 Å². The van der Waals surface area contributed by atoms with Crippen molar-refractivity contribution in [2.45, 2.75) is 6.92 Å². The van der Waals surface area contributed by atoms with E-state index in [1.165, 1.54) is 6.20 Å². The smallest absolute Gasteiger partial charge is 0.151 e. The SMILES string of the molecule is Cc1cc(C#N)ncc1C=O. The molecule has 0 aromatic carbocycles. The Morgan fingerprint density at radius 1 is 1.73 bits per heavy atom. The van der Waals surface area contributed by atoms with Gasteiger partial charge in [0, 0.05) is 11.8 Å². The molecule has 0 atom stereocenters. The van der Waals surface area contributed by atoms with Crippen LogP contribution in [0.15, 0.2) is 12.3 Å². The molecule has 0 N–H and O–H groups in total. The summed E-state index contributed by atoms with van der Waals surface area (Å²) < 4.78 is 0. The van der Waals surface area contributed by atoms with E-state index >= 15 is 0 Å². The normalized spacial score (nSPS) is 8.73. The van der Waals surface area contributed by atoms with Crippen LogP contribution in [-0.4, -0.2) is 11.3 Å². The molecule has 1 heterocycles. The van der Waals surface area contributed by atoms with Gasteiger partial charge in [0.05, 0.1) is 0 Å². The van der Waals surface area contributed by atoms with Gasteiger partial charge in [0.2, 0.25) is 0 Å². The first kappa shape index (κ1) is 7.42. The maximum absolute atomic E-state index is 10.3. The molecule has 3 heteroatoms. The summed E-state index contributed by atoms with van der Waals surface area (Å²) in [5, 5.41) is 8.42. The van der Waals surface area contributed by atoms with E-state index in [0.29, 0.717) is 11.3 Å². The maximum atomic E-state index is 10.3. The van der Waals surface area contributed by atoms with Crippen molar-refractivity contribution in [3.63, 3.8) is 0 Å². The topological polar surface area (TPSA) is 53.8 Å². The number of pyridine rings is 1. The Labute approximate surface area is 64.3 Å². The van der Waals surface area contributed by atoms with Crippen LogP contribution < -0.4 is 0 Å². The molecule has 11 heavy (non-hydrogen) atoms. The zero-order chi connectivity index (χ0) is 8.27. The Kier molecular flexibility index (Phi) is 1.98. The van der Waals surface area contributed by atoms with Crippen molar-refractivity contribution in [2.75, 3.05) is 0 Å². The molecule has 0 bridgehead atoms. The second-order valence-electron chi connectivity index (χ2n) is 2.16. The molecule has 1 aromatic rings. The van der Waals surface area contributed by atoms with Crippen LogP contribution in [-0.2, 0) is 0 Å². The number of carbonyl (C=O) groups is 1. The number of hydrogen-bond acceptors (Lipinski definition) is 3. The average molecular weight is 146 g/mol. The predicted molar refractivity (Wildman–Crippen MR) is 39.1 cm³/mol. The van der Waals surface area contributed by atoms with Crippen molar-refractivity contribution in [1.82, 2.24) is 4.98 Å². The van der Waals surface area contributed by atoms with E-state index in [-0.39, 0.29) is 0 Å². The first-order valence-electron chi connectivity index (χ1n) is 3.10. The quantitative estimate of drug-likeness (QED) is 0.557. The monoisotopic (exact) mass is 146 g/mol. The van der Waals surface area contributed by atoms with E-state index in [1.54, 1.807) is 13.0 Å². The number of aldehydes is 1. The van der Waals surface area contributed by atoms with E-state index in [0.717, 1.165) is 11.8 Å². The minimum Gasteiger partial charge on any atom is -0.298 e. The Hall–Kier alpha value is -1.69. The molecule has 0 aliphatic carbocycles. The predicted octanol–water partition coefficient (Wildman–Crippen LogP) is 1.07. The lowest BCUT2D eigenvalue weighted by molar-refractivity contribution is 0.112. The zero-order valence-corrected chi connectivity index (χ0v) is 6.03. The summed E-state index contributed by atoms with van der Waals surface area (Å²) in [6, 6.07) is 3.48. The van der Waals surface area contributed by atoms with Crippen molar-refractivity contribution in [1.29, 1.82) is 5.26 Å². The minimum atomic E-state index is 0.341. The Morgan fingerprint density at radius 3 is 2.91 bits per heavy atom. The molecular formula is C8H6N2O. The fraction of sp³-hybridized carbons (Fsp3) is 0.125. The van der Waals surface area contributed by atoms with E-state index in [2.05, 4.69) is 4.98 Å². The molecule has 1 rings (SSSR count). The number of rotatable bonds is 1. The molecular weight excluding hydrogens is 140 g/mol. The average Bonchev–Trinajstić information content (AvgIpc) is 2.04.